The van der Waals surface area contributed by atoms with Crippen molar-refractivity contribution in [2.45, 2.75) is 19.6 Å². The highest BCUT2D eigenvalue weighted by Crippen LogP contribution is 2.28. The number of amides is 1. The quantitative estimate of drug-likeness (QED) is 0.487. The molecule has 0 aliphatic carbocycles. The van der Waals surface area contributed by atoms with Crippen molar-refractivity contribution in [3.05, 3.63) is 102 Å². The van der Waals surface area contributed by atoms with Crippen LogP contribution in [0.2, 0.25) is 0 Å². The molecule has 0 saturated heterocycles. The van der Waals surface area contributed by atoms with Crippen LogP contribution in [0.1, 0.15) is 34.6 Å². The number of nitrogens with one attached hydrogen (secondary N) is 1. The largest absolute Gasteiger partial charge is 0.489 e. The van der Waals surface area contributed by atoms with E-state index in [4.69, 9.17) is 9.15 Å². The number of ether oxygens (including phenoxy) is 1. The van der Waals surface area contributed by atoms with Gasteiger partial charge in [0.1, 0.15) is 17.9 Å². The summed E-state index contributed by atoms with van der Waals surface area (Å²) in [6, 6.07) is 26.9. The third kappa shape index (κ3) is 3.76. The normalized spacial score (nSPS) is 11.9. The molecule has 4 nitrogen and oxygen atoms in total. The first-order valence-electron chi connectivity index (χ1n) is 9.26. The molecule has 1 atom stereocenters. The van der Waals surface area contributed by atoms with Crippen molar-refractivity contribution in [3.63, 3.8) is 0 Å². The number of benzene rings is 3. The lowest BCUT2D eigenvalue weighted by molar-refractivity contribution is 0.0910. The van der Waals surface area contributed by atoms with E-state index in [0.717, 1.165) is 22.3 Å². The van der Waals surface area contributed by atoms with Gasteiger partial charge in [-0.25, -0.2) is 0 Å². The molecule has 1 amide bonds. The Morgan fingerprint density at radius 2 is 1.57 bits per heavy atom. The minimum Gasteiger partial charge on any atom is -0.489 e. The van der Waals surface area contributed by atoms with Gasteiger partial charge < -0.3 is 14.5 Å². The second kappa shape index (κ2) is 8.01. The van der Waals surface area contributed by atoms with Gasteiger partial charge in [0, 0.05) is 10.9 Å². The number of hydrogen-bond acceptors (Lipinski definition) is 3. The van der Waals surface area contributed by atoms with Crippen LogP contribution in [0.5, 0.6) is 5.75 Å². The van der Waals surface area contributed by atoms with Crippen LogP contribution in [0.25, 0.3) is 11.0 Å². The van der Waals surface area contributed by atoms with E-state index in [2.05, 4.69) is 5.32 Å². The minimum absolute atomic E-state index is 0.134. The average Bonchev–Trinajstić information content (AvgIpc) is 3.12. The smallest absolute Gasteiger partial charge is 0.287 e. The zero-order valence-corrected chi connectivity index (χ0v) is 15.6. The van der Waals surface area contributed by atoms with Crippen LogP contribution in [-0.4, -0.2) is 5.91 Å². The van der Waals surface area contributed by atoms with Crippen LogP contribution in [0.4, 0.5) is 0 Å². The van der Waals surface area contributed by atoms with Crippen LogP contribution >= 0.6 is 0 Å². The van der Waals surface area contributed by atoms with E-state index in [9.17, 15) is 4.79 Å². The first-order chi connectivity index (χ1) is 13.7. The molecule has 0 radical (unpaired) electrons. The maximum absolute atomic E-state index is 13.0. The number of rotatable bonds is 6. The summed E-state index contributed by atoms with van der Waals surface area (Å²) in [4.78, 5) is 13.0. The molecule has 0 saturated carbocycles. The number of carbonyl (C=O) groups is 1. The molecule has 0 spiro atoms. The lowest BCUT2D eigenvalue weighted by Crippen LogP contribution is -2.27. The van der Waals surface area contributed by atoms with Gasteiger partial charge in [-0.1, -0.05) is 66.7 Å². The van der Waals surface area contributed by atoms with Gasteiger partial charge in [-0.2, -0.15) is 0 Å². The fraction of sp³-hybridized carbons (Fsp3) is 0.125. The summed E-state index contributed by atoms with van der Waals surface area (Å²) < 4.78 is 11.8. The molecule has 0 aliphatic rings. The van der Waals surface area contributed by atoms with Gasteiger partial charge in [-0.15, -0.1) is 0 Å². The summed E-state index contributed by atoms with van der Waals surface area (Å²) in [6.45, 7) is 2.21. The molecule has 0 unspecified atom stereocenters. The molecule has 0 aliphatic heterocycles. The maximum atomic E-state index is 13.0. The summed E-state index contributed by atoms with van der Waals surface area (Å²) in [5, 5.41) is 3.91. The second-order valence-electron chi connectivity index (χ2n) is 6.61. The van der Waals surface area contributed by atoms with Gasteiger partial charge in [0.2, 0.25) is 0 Å². The third-order valence-electron chi connectivity index (χ3n) is 4.68. The van der Waals surface area contributed by atoms with E-state index in [0.29, 0.717) is 11.3 Å². The lowest BCUT2D eigenvalue weighted by atomic mass is 10.1. The van der Waals surface area contributed by atoms with Crippen LogP contribution in [-0.2, 0) is 6.61 Å². The Bertz CT molecular complexity index is 1070. The van der Waals surface area contributed by atoms with Crippen molar-refractivity contribution in [3.8, 4) is 5.75 Å². The molecule has 28 heavy (non-hydrogen) atoms. The van der Waals surface area contributed by atoms with E-state index in [-0.39, 0.29) is 18.6 Å². The van der Waals surface area contributed by atoms with E-state index in [1.165, 1.54) is 0 Å². The van der Waals surface area contributed by atoms with E-state index >= 15 is 0 Å². The molecule has 3 aromatic carbocycles. The highest BCUT2D eigenvalue weighted by Gasteiger charge is 2.22. The molecule has 140 valence electrons. The van der Waals surface area contributed by atoms with Crippen molar-refractivity contribution in [2.24, 2.45) is 0 Å². The van der Waals surface area contributed by atoms with Crippen LogP contribution in [0.3, 0.4) is 0 Å². The molecular weight excluding hydrogens is 350 g/mol. The van der Waals surface area contributed by atoms with Gasteiger partial charge >= 0.3 is 0 Å². The molecule has 1 N–H and O–H groups in total. The predicted octanol–water partition coefficient (Wildman–Crippen LogP) is 5.50. The Labute approximate surface area is 163 Å². The topological polar surface area (TPSA) is 51.5 Å². The standard InChI is InChI=1S/C24H21NO3/c1-17(18-10-4-2-5-11-18)25-24(26)23-21(16-27-19-12-6-3-7-13-19)20-14-8-9-15-22(20)28-23/h2-15,17H,16H2,1H3,(H,25,26)/t17-/m0/s1. The minimum atomic E-state index is -0.251. The highest BCUT2D eigenvalue weighted by atomic mass is 16.5. The zero-order chi connectivity index (χ0) is 19.3. The Morgan fingerprint density at radius 3 is 2.32 bits per heavy atom. The molecule has 4 rings (SSSR count). The second-order valence-corrected chi connectivity index (χ2v) is 6.61. The number of furan rings is 1. The number of hydrogen-bond donors (Lipinski definition) is 1. The Balaban J connectivity index is 1.61. The van der Waals surface area contributed by atoms with Crippen LogP contribution in [0, 0.1) is 0 Å². The summed E-state index contributed by atoms with van der Waals surface area (Å²) in [7, 11) is 0. The summed E-state index contributed by atoms with van der Waals surface area (Å²) in [5.74, 6) is 0.788. The van der Waals surface area contributed by atoms with Crippen molar-refractivity contribution in [2.75, 3.05) is 0 Å². The monoisotopic (exact) mass is 371 g/mol. The summed E-state index contributed by atoms with van der Waals surface area (Å²) >= 11 is 0. The molecule has 1 heterocycles. The SMILES string of the molecule is C[C@H](NC(=O)c1oc2ccccc2c1COc1ccccc1)c1ccccc1. The lowest BCUT2D eigenvalue weighted by Gasteiger charge is -2.14. The third-order valence-corrected chi connectivity index (χ3v) is 4.68. The summed E-state index contributed by atoms with van der Waals surface area (Å²) in [5.41, 5.74) is 2.46. The van der Waals surface area contributed by atoms with Crippen LogP contribution < -0.4 is 10.1 Å². The molecule has 4 heteroatoms. The van der Waals surface area contributed by atoms with Gasteiger partial charge in [-0.3, -0.25) is 4.79 Å². The maximum Gasteiger partial charge on any atom is 0.287 e. The van der Waals surface area contributed by atoms with Crippen molar-refractivity contribution in [1.82, 2.24) is 5.32 Å². The van der Waals surface area contributed by atoms with Crippen molar-refractivity contribution >= 4 is 16.9 Å². The Morgan fingerprint density at radius 1 is 0.929 bits per heavy atom. The van der Waals surface area contributed by atoms with Gasteiger partial charge in [0.15, 0.2) is 5.76 Å². The van der Waals surface area contributed by atoms with Crippen LogP contribution in [0.15, 0.2) is 89.3 Å². The predicted molar refractivity (Wildman–Crippen MR) is 109 cm³/mol. The molecule has 1 aromatic heterocycles. The van der Waals surface area contributed by atoms with Gasteiger partial charge in [-0.05, 0) is 30.7 Å². The first kappa shape index (κ1) is 17.9. The zero-order valence-electron chi connectivity index (χ0n) is 15.6. The van der Waals surface area contributed by atoms with Crippen molar-refractivity contribution in [1.29, 1.82) is 0 Å². The van der Waals surface area contributed by atoms with E-state index in [1.807, 2.05) is 91.9 Å². The van der Waals surface area contributed by atoms with Crippen molar-refractivity contribution < 1.29 is 13.9 Å². The molecular formula is C24H21NO3. The van der Waals surface area contributed by atoms with Gasteiger partial charge in [0.25, 0.3) is 5.91 Å². The number of fused-ring (bicyclic) bond motifs is 1. The molecule has 4 aromatic rings. The Hall–Kier alpha value is -3.53. The van der Waals surface area contributed by atoms with E-state index < -0.39 is 0 Å². The fourth-order valence-corrected chi connectivity index (χ4v) is 3.18. The molecule has 0 fully saturated rings. The van der Waals surface area contributed by atoms with Gasteiger partial charge in [0.05, 0.1) is 6.04 Å². The van der Waals surface area contributed by atoms with E-state index in [1.54, 1.807) is 0 Å². The number of para-hydroxylation sites is 2. The first-order valence-corrected chi connectivity index (χ1v) is 9.26. The Kier molecular flexibility index (Phi) is 5.11. The highest BCUT2D eigenvalue weighted by molar-refractivity contribution is 5.99. The fourth-order valence-electron chi connectivity index (χ4n) is 3.18. The number of carbonyl (C=O) groups excluding carboxylic acids is 1. The molecule has 0 bridgehead atoms. The summed E-state index contributed by atoms with van der Waals surface area (Å²) in [6.07, 6.45) is 0. The average molecular weight is 371 g/mol.